The van der Waals surface area contributed by atoms with Crippen molar-refractivity contribution >= 4 is 44.2 Å². The molecule has 6 heteroatoms. The van der Waals surface area contributed by atoms with Crippen molar-refractivity contribution in [1.29, 1.82) is 0 Å². The minimum Gasteiger partial charge on any atom is -0.489 e. The summed E-state index contributed by atoms with van der Waals surface area (Å²) in [6.45, 7) is 0.280. The van der Waals surface area contributed by atoms with E-state index in [4.69, 9.17) is 4.74 Å². The zero-order valence-corrected chi connectivity index (χ0v) is 13.4. The van der Waals surface area contributed by atoms with Crippen molar-refractivity contribution < 1.29 is 9.66 Å². The molecule has 2 aromatic carbocycles. The summed E-state index contributed by atoms with van der Waals surface area (Å²) in [5.41, 5.74) is 0.789. The molecule has 19 heavy (non-hydrogen) atoms. The Balaban J connectivity index is 2.16. The summed E-state index contributed by atoms with van der Waals surface area (Å²) >= 11 is 5.45. The molecule has 0 spiro atoms. The number of nitro benzene ring substituents is 1. The van der Waals surface area contributed by atoms with Crippen LogP contribution in [0.2, 0.25) is 0 Å². The van der Waals surface area contributed by atoms with Crippen molar-refractivity contribution in [1.82, 2.24) is 0 Å². The van der Waals surface area contributed by atoms with Gasteiger partial charge in [-0.25, -0.2) is 0 Å². The van der Waals surface area contributed by atoms with Crippen LogP contribution in [0.25, 0.3) is 0 Å². The van der Waals surface area contributed by atoms with Gasteiger partial charge in [-0.3, -0.25) is 10.1 Å². The zero-order valence-electron chi connectivity index (χ0n) is 9.68. The number of rotatable bonds is 4. The van der Waals surface area contributed by atoms with E-state index in [0.29, 0.717) is 4.47 Å². The smallest absolute Gasteiger partial charge is 0.283 e. The van der Waals surface area contributed by atoms with Crippen LogP contribution in [0.5, 0.6) is 5.75 Å². The molecule has 98 valence electrons. The molecule has 0 bridgehead atoms. The maximum Gasteiger partial charge on any atom is 0.283 e. The fourth-order valence-corrected chi connectivity index (χ4v) is 2.57. The lowest BCUT2D eigenvalue weighted by molar-refractivity contribution is -0.385. The van der Waals surface area contributed by atoms with Gasteiger partial charge in [-0.1, -0.05) is 18.2 Å². The van der Waals surface area contributed by atoms with Crippen LogP contribution >= 0.6 is 38.5 Å². The topological polar surface area (TPSA) is 52.4 Å². The number of nitro groups is 1. The average molecular weight is 434 g/mol. The quantitative estimate of drug-likeness (QED) is 0.404. The second-order valence-electron chi connectivity index (χ2n) is 3.75. The second kappa shape index (κ2) is 6.33. The highest BCUT2D eigenvalue weighted by Crippen LogP contribution is 2.29. The molecule has 0 radical (unpaired) electrons. The van der Waals surface area contributed by atoms with Gasteiger partial charge in [0.15, 0.2) is 0 Å². The third-order valence-electron chi connectivity index (χ3n) is 2.45. The van der Waals surface area contributed by atoms with Crippen LogP contribution in [0.4, 0.5) is 5.69 Å². The van der Waals surface area contributed by atoms with Crippen LogP contribution in [-0.2, 0) is 6.61 Å². The van der Waals surface area contributed by atoms with Gasteiger partial charge in [0.25, 0.3) is 5.69 Å². The van der Waals surface area contributed by atoms with Crippen molar-refractivity contribution in [2.24, 2.45) is 0 Å². The van der Waals surface area contributed by atoms with E-state index in [1.165, 1.54) is 6.07 Å². The van der Waals surface area contributed by atoms with Gasteiger partial charge in [0.2, 0.25) is 0 Å². The molecule has 0 unspecified atom stereocenters. The van der Waals surface area contributed by atoms with E-state index in [1.54, 1.807) is 12.1 Å². The van der Waals surface area contributed by atoms with Gasteiger partial charge in [-0.05, 0) is 56.7 Å². The molecule has 2 aromatic rings. The molecule has 0 amide bonds. The van der Waals surface area contributed by atoms with E-state index in [-0.39, 0.29) is 12.3 Å². The van der Waals surface area contributed by atoms with Gasteiger partial charge in [0.05, 0.1) is 4.92 Å². The van der Waals surface area contributed by atoms with E-state index in [0.717, 1.165) is 14.9 Å². The highest BCUT2D eigenvalue weighted by Gasteiger charge is 2.14. The lowest BCUT2D eigenvalue weighted by Gasteiger charge is -2.08. The second-order valence-corrected chi connectivity index (χ2v) is 5.79. The summed E-state index contributed by atoms with van der Waals surface area (Å²) in [5.74, 6) is 0.741. The fourth-order valence-electron chi connectivity index (χ4n) is 1.54. The third kappa shape index (κ3) is 3.66. The van der Waals surface area contributed by atoms with Gasteiger partial charge in [0, 0.05) is 15.2 Å². The van der Waals surface area contributed by atoms with Gasteiger partial charge < -0.3 is 4.74 Å². The van der Waals surface area contributed by atoms with E-state index in [2.05, 4.69) is 38.5 Å². The van der Waals surface area contributed by atoms with Crippen LogP contribution in [0.3, 0.4) is 0 Å². The minimum atomic E-state index is -0.418. The van der Waals surface area contributed by atoms with Crippen LogP contribution in [0, 0.1) is 13.7 Å². The molecule has 0 atom stereocenters. The van der Waals surface area contributed by atoms with Gasteiger partial charge in [-0.2, -0.15) is 0 Å². The molecule has 0 aliphatic heterocycles. The SMILES string of the molecule is O=[N+]([O-])c1cccc(COc2cccc(I)c2)c1Br. The number of hydrogen-bond acceptors (Lipinski definition) is 3. The number of hydrogen-bond donors (Lipinski definition) is 0. The van der Waals surface area contributed by atoms with Crippen molar-refractivity contribution in [3.05, 3.63) is 66.2 Å². The molecular weight excluding hydrogens is 425 g/mol. The molecule has 0 N–H and O–H groups in total. The monoisotopic (exact) mass is 433 g/mol. The molecule has 0 saturated carbocycles. The Hall–Kier alpha value is -1.15. The molecule has 0 fully saturated rings. The lowest BCUT2D eigenvalue weighted by atomic mass is 10.2. The number of nitrogens with zero attached hydrogens (tertiary/aromatic N) is 1. The molecule has 2 rings (SSSR count). The number of benzene rings is 2. The predicted octanol–water partition coefficient (Wildman–Crippen LogP) is 4.54. The minimum absolute atomic E-state index is 0.0451. The number of halogens is 2. The first-order valence-electron chi connectivity index (χ1n) is 5.38. The lowest BCUT2D eigenvalue weighted by Crippen LogP contribution is -1.99. The van der Waals surface area contributed by atoms with Gasteiger partial charge in [0.1, 0.15) is 16.8 Å². The Kier molecular flexibility index (Phi) is 4.76. The fraction of sp³-hybridized carbons (Fsp3) is 0.0769. The zero-order chi connectivity index (χ0) is 13.8. The molecule has 0 aliphatic carbocycles. The van der Waals surface area contributed by atoms with Crippen LogP contribution in [0.1, 0.15) is 5.56 Å². The summed E-state index contributed by atoms with van der Waals surface area (Å²) in [5, 5.41) is 10.8. The standard InChI is InChI=1S/C13H9BrINO3/c14-13-9(3-1-6-12(13)16(17)18)8-19-11-5-2-4-10(15)7-11/h1-7H,8H2. The molecule has 4 nitrogen and oxygen atoms in total. The van der Waals surface area contributed by atoms with E-state index < -0.39 is 4.92 Å². The largest absolute Gasteiger partial charge is 0.489 e. The maximum atomic E-state index is 10.8. The van der Waals surface area contributed by atoms with Gasteiger partial charge in [-0.15, -0.1) is 0 Å². The number of ether oxygens (including phenoxy) is 1. The van der Waals surface area contributed by atoms with Crippen LogP contribution < -0.4 is 4.74 Å². The molecule has 0 heterocycles. The summed E-state index contributed by atoms with van der Waals surface area (Å²) in [7, 11) is 0. The van der Waals surface area contributed by atoms with Gasteiger partial charge >= 0.3 is 0 Å². The Labute approximate surface area is 132 Å². The van der Waals surface area contributed by atoms with Crippen LogP contribution in [0.15, 0.2) is 46.9 Å². The predicted molar refractivity (Wildman–Crippen MR) is 84.3 cm³/mol. The Morgan fingerprint density at radius 3 is 2.68 bits per heavy atom. The maximum absolute atomic E-state index is 10.8. The van der Waals surface area contributed by atoms with E-state index in [9.17, 15) is 10.1 Å². The molecule has 0 aliphatic rings. The Bertz CT molecular complexity index is 619. The third-order valence-corrected chi connectivity index (χ3v) is 4.03. The van der Waals surface area contributed by atoms with E-state index in [1.807, 2.05) is 24.3 Å². The van der Waals surface area contributed by atoms with Crippen molar-refractivity contribution in [2.45, 2.75) is 6.61 Å². The summed E-state index contributed by atoms with van der Waals surface area (Å²) in [6.07, 6.45) is 0. The van der Waals surface area contributed by atoms with Crippen molar-refractivity contribution in [3.8, 4) is 5.75 Å². The normalized spacial score (nSPS) is 10.2. The summed E-state index contributed by atoms with van der Waals surface area (Å²) in [4.78, 5) is 10.4. The highest BCUT2D eigenvalue weighted by atomic mass is 127. The Morgan fingerprint density at radius 2 is 2.00 bits per heavy atom. The molecule has 0 saturated heterocycles. The summed E-state index contributed by atoms with van der Waals surface area (Å²) < 4.78 is 7.17. The first-order valence-corrected chi connectivity index (χ1v) is 7.25. The first kappa shape index (κ1) is 14.3. The van der Waals surface area contributed by atoms with Crippen LogP contribution in [-0.4, -0.2) is 4.92 Å². The van der Waals surface area contributed by atoms with E-state index >= 15 is 0 Å². The summed E-state index contributed by atoms with van der Waals surface area (Å²) in [6, 6.07) is 12.5. The highest BCUT2D eigenvalue weighted by molar-refractivity contribution is 14.1. The molecule has 0 aromatic heterocycles. The average Bonchev–Trinajstić information content (AvgIpc) is 2.37. The van der Waals surface area contributed by atoms with Crippen molar-refractivity contribution in [2.75, 3.05) is 0 Å². The Morgan fingerprint density at radius 1 is 1.26 bits per heavy atom. The molecular formula is C13H9BrINO3. The first-order chi connectivity index (χ1) is 9.08. The van der Waals surface area contributed by atoms with Crippen molar-refractivity contribution in [3.63, 3.8) is 0 Å².